The van der Waals surface area contributed by atoms with Crippen molar-refractivity contribution in [2.75, 3.05) is 5.32 Å². The number of benzene rings is 2. The molecule has 0 heterocycles. The molecule has 0 aliphatic carbocycles. The molecule has 4 nitrogen and oxygen atoms in total. The van der Waals surface area contributed by atoms with E-state index in [2.05, 4.69) is 5.32 Å². The second-order valence-electron chi connectivity index (χ2n) is 4.79. The minimum atomic E-state index is -0.980. The summed E-state index contributed by atoms with van der Waals surface area (Å²) in [7, 11) is 0. The highest BCUT2D eigenvalue weighted by molar-refractivity contribution is 5.73. The zero-order valence-corrected chi connectivity index (χ0v) is 11.3. The Hall–Kier alpha value is -2.33. The SMILES string of the molecule is Cc1ccccc1Nc1ccc(CC(N)C(=O)O)cc1. The van der Waals surface area contributed by atoms with Crippen molar-refractivity contribution in [3.63, 3.8) is 0 Å². The summed E-state index contributed by atoms with van der Waals surface area (Å²) in [4.78, 5) is 10.7. The van der Waals surface area contributed by atoms with Crippen molar-refractivity contribution in [1.29, 1.82) is 0 Å². The molecule has 104 valence electrons. The van der Waals surface area contributed by atoms with Crippen LogP contribution >= 0.6 is 0 Å². The van der Waals surface area contributed by atoms with E-state index in [0.717, 1.165) is 16.9 Å². The fourth-order valence-corrected chi connectivity index (χ4v) is 1.93. The average Bonchev–Trinajstić information content (AvgIpc) is 2.43. The number of rotatable bonds is 5. The van der Waals surface area contributed by atoms with E-state index in [1.54, 1.807) is 0 Å². The van der Waals surface area contributed by atoms with Crippen LogP contribution in [-0.4, -0.2) is 17.1 Å². The van der Waals surface area contributed by atoms with Crippen molar-refractivity contribution in [3.8, 4) is 0 Å². The van der Waals surface area contributed by atoms with Gasteiger partial charge in [0.05, 0.1) is 0 Å². The minimum absolute atomic E-state index is 0.333. The number of hydrogen-bond acceptors (Lipinski definition) is 3. The Balaban J connectivity index is 2.05. The zero-order valence-electron chi connectivity index (χ0n) is 11.3. The number of nitrogens with two attached hydrogens (primary N) is 1. The van der Waals surface area contributed by atoms with Crippen molar-refractivity contribution >= 4 is 17.3 Å². The smallest absolute Gasteiger partial charge is 0.320 e. The number of para-hydroxylation sites is 1. The summed E-state index contributed by atoms with van der Waals surface area (Å²) >= 11 is 0. The summed E-state index contributed by atoms with van der Waals surface area (Å²) in [5.74, 6) is -0.980. The first kappa shape index (κ1) is 14.1. The molecule has 0 saturated carbocycles. The maximum Gasteiger partial charge on any atom is 0.320 e. The van der Waals surface area contributed by atoms with Crippen molar-refractivity contribution < 1.29 is 9.90 Å². The molecule has 0 radical (unpaired) electrons. The lowest BCUT2D eigenvalue weighted by Crippen LogP contribution is -2.32. The van der Waals surface area contributed by atoms with Crippen LogP contribution in [0.15, 0.2) is 48.5 Å². The van der Waals surface area contributed by atoms with Crippen LogP contribution in [0.4, 0.5) is 11.4 Å². The van der Waals surface area contributed by atoms with Gasteiger partial charge in [-0.3, -0.25) is 4.79 Å². The molecule has 1 unspecified atom stereocenters. The molecule has 0 aliphatic rings. The molecule has 0 bridgehead atoms. The maximum atomic E-state index is 10.7. The summed E-state index contributed by atoms with van der Waals surface area (Å²) in [6.45, 7) is 2.04. The molecule has 0 fully saturated rings. The Labute approximate surface area is 118 Å². The van der Waals surface area contributed by atoms with Gasteiger partial charge in [-0.1, -0.05) is 30.3 Å². The number of aliphatic carboxylic acids is 1. The molecule has 4 N–H and O–H groups in total. The van der Waals surface area contributed by atoms with Gasteiger partial charge < -0.3 is 16.2 Å². The van der Waals surface area contributed by atoms with E-state index in [1.165, 1.54) is 5.56 Å². The summed E-state index contributed by atoms with van der Waals surface area (Å²) in [5, 5.41) is 12.1. The number of carbonyl (C=O) groups is 1. The van der Waals surface area contributed by atoms with Gasteiger partial charge in [-0.05, 0) is 42.7 Å². The first-order valence-electron chi connectivity index (χ1n) is 6.46. The highest BCUT2D eigenvalue weighted by Gasteiger charge is 2.11. The molecule has 0 spiro atoms. The molecule has 20 heavy (non-hydrogen) atoms. The lowest BCUT2D eigenvalue weighted by Gasteiger charge is -2.11. The van der Waals surface area contributed by atoms with Crippen LogP contribution in [-0.2, 0) is 11.2 Å². The third-order valence-corrected chi connectivity index (χ3v) is 3.15. The lowest BCUT2D eigenvalue weighted by atomic mass is 10.1. The predicted molar refractivity (Wildman–Crippen MR) is 80.2 cm³/mol. The molecule has 2 rings (SSSR count). The molecule has 2 aromatic rings. The number of hydrogen-bond donors (Lipinski definition) is 3. The highest BCUT2D eigenvalue weighted by Crippen LogP contribution is 2.20. The molecule has 4 heteroatoms. The molecule has 0 saturated heterocycles. The van der Waals surface area contributed by atoms with Crippen LogP contribution < -0.4 is 11.1 Å². The third-order valence-electron chi connectivity index (χ3n) is 3.15. The topological polar surface area (TPSA) is 75.3 Å². The van der Waals surface area contributed by atoms with Crippen LogP contribution in [0.2, 0.25) is 0 Å². The zero-order chi connectivity index (χ0) is 14.5. The Morgan fingerprint density at radius 1 is 1.20 bits per heavy atom. The Morgan fingerprint density at radius 2 is 1.85 bits per heavy atom. The van der Waals surface area contributed by atoms with E-state index in [0.29, 0.717) is 6.42 Å². The van der Waals surface area contributed by atoms with Crippen molar-refractivity contribution in [2.24, 2.45) is 5.73 Å². The molecule has 2 aromatic carbocycles. The van der Waals surface area contributed by atoms with Gasteiger partial charge in [0.1, 0.15) is 6.04 Å². The van der Waals surface area contributed by atoms with Gasteiger partial charge in [0.15, 0.2) is 0 Å². The van der Waals surface area contributed by atoms with E-state index in [-0.39, 0.29) is 0 Å². The van der Waals surface area contributed by atoms with Crippen LogP contribution in [0.1, 0.15) is 11.1 Å². The van der Waals surface area contributed by atoms with E-state index < -0.39 is 12.0 Å². The fraction of sp³-hybridized carbons (Fsp3) is 0.188. The average molecular weight is 270 g/mol. The number of anilines is 2. The number of nitrogens with one attached hydrogen (secondary N) is 1. The van der Waals surface area contributed by atoms with Gasteiger partial charge in [0.2, 0.25) is 0 Å². The fourth-order valence-electron chi connectivity index (χ4n) is 1.93. The minimum Gasteiger partial charge on any atom is -0.480 e. The summed E-state index contributed by atoms with van der Waals surface area (Å²) in [6.07, 6.45) is 0.333. The largest absolute Gasteiger partial charge is 0.480 e. The first-order chi connectivity index (χ1) is 9.56. The van der Waals surface area contributed by atoms with Gasteiger partial charge in [-0.2, -0.15) is 0 Å². The quantitative estimate of drug-likeness (QED) is 0.781. The molecule has 0 amide bonds. The van der Waals surface area contributed by atoms with Gasteiger partial charge in [-0.15, -0.1) is 0 Å². The normalized spacial score (nSPS) is 11.9. The van der Waals surface area contributed by atoms with Gasteiger partial charge in [0.25, 0.3) is 0 Å². The second-order valence-corrected chi connectivity index (χ2v) is 4.79. The monoisotopic (exact) mass is 270 g/mol. The number of carboxylic acids is 1. The summed E-state index contributed by atoms with van der Waals surface area (Å²) in [5.41, 5.74) is 9.62. The summed E-state index contributed by atoms with van der Waals surface area (Å²) < 4.78 is 0. The van der Waals surface area contributed by atoms with Crippen LogP contribution in [0.5, 0.6) is 0 Å². The Kier molecular flexibility index (Phi) is 4.38. The predicted octanol–water partition coefficient (Wildman–Crippen LogP) is 2.69. The standard InChI is InChI=1S/C16H18N2O2/c1-11-4-2-3-5-15(11)18-13-8-6-12(7-9-13)10-14(17)16(19)20/h2-9,14,18H,10,17H2,1H3,(H,19,20). The van der Waals surface area contributed by atoms with Gasteiger partial charge in [0, 0.05) is 11.4 Å². The van der Waals surface area contributed by atoms with Crippen LogP contribution in [0, 0.1) is 6.92 Å². The highest BCUT2D eigenvalue weighted by atomic mass is 16.4. The van der Waals surface area contributed by atoms with Crippen LogP contribution in [0.3, 0.4) is 0 Å². The summed E-state index contributed by atoms with van der Waals surface area (Å²) in [6, 6.07) is 14.8. The third kappa shape index (κ3) is 3.59. The number of carboxylic acid groups (broad SMARTS) is 1. The molecule has 0 aromatic heterocycles. The molecular formula is C16H18N2O2. The first-order valence-corrected chi connectivity index (χ1v) is 6.46. The van der Waals surface area contributed by atoms with Gasteiger partial charge >= 0.3 is 5.97 Å². The second kappa shape index (κ2) is 6.21. The Bertz CT molecular complexity index is 594. The lowest BCUT2D eigenvalue weighted by molar-refractivity contribution is -0.138. The van der Waals surface area contributed by atoms with Gasteiger partial charge in [-0.25, -0.2) is 0 Å². The van der Waals surface area contributed by atoms with Crippen molar-refractivity contribution in [3.05, 3.63) is 59.7 Å². The van der Waals surface area contributed by atoms with E-state index in [4.69, 9.17) is 10.8 Å². The molecule has 1 atom stereocenters. The van der Waals surface area contributed by atoms with E-state index >= 15 is 0 Å². The molecule has 0 aliphatic heterocycles. The van der Waals surface area contributed by atoms with Crippen LogP contribution in [0.25, 0.3) is 0 Å². The van der Waals surface area contributed by atoms with Crippen molar-refractivity contribution in [2.45, 2.75) is 19.4 Å². The maximum absolute atomic E-state index is 10.7. The Morgan fingerprint density at radius 3 is 2.45 bits per heavy atom. The number of aryl methyl sites for hydroxylation is 1. The van der Waals surface area contributed by atoms with E-state index in [1.807, 2.05) is 55.5 Å². The van der Waals surface area contributed by atoms with E-state index in [9.17, 15) is 4.79 Å². The van der Waals surface area contributed by atoms with Crippen molar-refractivity contribution in [1.82, 2.24) is 0 Å². The molecular weight excluding hydrogens is 252 g/mol.